The molecule has 0 saturated carbocycles. The predicted octanol–water partition coefficient (Wildman–Crippen LogP) is 4.30. The molecule has 2 N–H and O–H groups in total. The average molecular weight is 437 g/mol. The number of carbonyl (C=O) groups is 1. The van der Waals surface area contributed by atoms with E-state index < -0.39 is 15.8 Å². The topological polar surface area (TPSA) is 99.1 Å². The molecule has 0 saturated heterocycles. The predicted molar refractivity (Wildman–Crippen MR) is 115 cm³/mol. The van der Waals surface area contributed by atoms with Gasteiger partial charge in [-0.15, -0.1) is 0 Å². The molecule has 31 heavy (non-hydrogen) atoms. The Morgan fingerprint density at radius 1 is 1.03 bits per heavy atom. The first kappa shape index (κ1) is 22.0. The summed E-state index contributed by atoms with van der Waals surface area (Å²) < 4.78 is 40.8. The van der Waals surface area contributed by atoms with Crippen LogP contribution < -0.4 is 10.0 Å². The molecule has 158 valence electrons. The van der Waals surface area contributed by atoms with Crippen LogP contribution in [0.1, 0.15) is 40.0 Å². The molecule has 8 heteroatoms. The van der Waals surface area contributed by atoms with Gasteiger partial charge in [0.25, 0.3) is 15.9 Å². The van der Waals surface area contributed by atoms with Crippen LogP contribution in [0, 0.1) is 24.1 Å². The molecule has 0 aliphatic rings. The van der Waals surface area contributed by atoms with Crippen molar-refractivity contribution < 1.29 is 17.6 Å². The van der Waals surface area contributed by atoms with Crippen LogP contribution in [0.5, 0.6) is 0 Å². The van der Waals surface area contributed by atoms with E-state index in [2.05, 4.69) is 10.0 Å². The molecule has 3 aromatic carbocycles. The lowest BCUT2D eigenvalue weighted by molar-refractivity contribution is 0.0940. The van der Waals surface area contributed by atoms with Crippen LogP contribution in [0.2, 0.25) is 0 Å². The quantitative estimate of drug-likeness (QED) is 0.601. The van der Waals surface area contributed by atoms with Gasteiger partial charge in [-0.25, -0.2) is 12.8 Å². The van der Waals surface area contributed by atoms with E-state index in [4.69, 9.17) is 5.26 Å². The van der Waals surface area contributed by atoms with Crippen molar-refractivity contribution in [2.24, 2.45) is 0 Å². The number of rotatable bonds is 6. The van der Waals surface area contributed by atoms with E-state index in [1.54, 1.807) is 24.3 Å². The zero-order valence-corrected chi connectivity index (χ0v) is 17.7. The van der Waals surface area contributed by atoms with Gasteiger partial charge in [0.2, 0.25) is 0 Å². The van der Waals surface area contributed by atoms with Crippen LogP contribution in [-0.4, -0.2) is 14.3 Å². The first-order valence-corrected chi connectivity index (χ1v) is 10.9. The van der Waals surface area contributed by atoms with Crippen LogP contribution in [0.4, 0.5) is 10.1 Å². The molecule has 0 aliphatic heterocycles. The van der Waals surface area contributed by atoms with E-state index in [0.717, 1.165) is 11.6 Å². The van der Waals surface area contributed by atoms with Crippen molar-refractivity contribution in [1.82, 2.24) is 5.32 Å². The smallest absolute Gasteiger partial charge is 0.261 e. The Hall–Kier alpha value is -3.70. The van der Waals surface area contributed by atoms with Gasteiger partial charge in [-0.3, -0.25) is 9.52 Å². The van der Waals surface area contributed by atoms with Gasteiger partial charge in [-0.1, -0.05) is 12.1 Å². The summed E-state index contributed by atoms with van der Waals surface area (Å²) in [5, 5.41) is 11.7. The highest BCUT2D eigenvalue weighted by atomic mass is 32.2. The maximum Gasteiger partial charge on any atom is 0.261 e. The van der Waals surface area contributed by atoms with Crippen LogP contribution >= 0.6 is 0 Å². The number of benzene rings is 3. The van der Waals surface area contributed by atoms with Crippen molar-refractivity contribution in [1.29, 1.82) is 5.26 Å². The van der Waals surface area contributed by atoms with Gasteiger partial charge in [0.05, 0.1) is 22.6 Å². The number of nitrogens with one attached hydrogen (secondary N) is 2. The second kappa shape index (κ2) is 8.98. The maximum atomic E-state index is 13.4. The maximum absolute atomic E-state index is 13.4. The van der Waals surface area contributed by atoms with Crippen molar-refractivity contribution in [3.63, 3.8) is 0 Å². The standard InChI is InChI=1S/C23H20FN3O3S/c1-15-13-21(11-12-22(15)24)31(29,30)27-20-9-7-19(8-10-20)23(28)26-16(2)18-5-3-17(14-25)4-6-18/h3-13,16,27H,1-2H3,(H,26,28). The second-order valence-electron chi connectivity index (χ2n) is 7.02. The highest BCUT2D eigenvalue weighted by Gasteiger charge is 2.16. The van der Waals surface area contributed by atoms with Crippen molar-refractivity contribution >= 4 is 21.6 Å². The first-order valence-electron chi connectivity index (χ1n) is 9.39. The summed E-state index contributed by atoms with van der Waals surface area (Å²) in [5.74, 6) is -0.801. The Bertz CT molecular complexity index is 1250. The minimum atomic E-state index is -3.89. The van der Waals surface area contributed by atoms with E-state index in [1.807, 2.05) is 13.0 Å². The molecule has 1 unspecified atom stereocenters. The third-order valence-corrected chi connectivity index (χ3v) is 6.11. The molecule has 1 atom stereocenters. The van der Waals surface area contributed by atoms with Gasteiger partial charge in [0.1, 0.15) is 5.82 Å². The summed E-state index contributed by atoms with van der Waals surface area (Å²) in [5.41, 5.74) is 2.26. The lowest BCUT2D eigenvalue weighted by Gasteiger charge is -2.15. The molecule has 0 spiro atoms. The lowest BCUT2D eigenvalue weighted by atomic mass is 10.1. The number of nitriles is 1. The summed E-state index contributed by atoms with van der Waals surface area (Å²) in [6.45, 7) is 3.31. The average Bonchev–Trinajstić information content (AvgIpc) is 2.75. The monoisotopic (exact) mass is 437 g/mol. The van der Waals surface area contributed by atoms with Gasteiger partial charge >= 0.3 is 0 Å². The fourth-order valence-corrected chi connectivity index (χ4v) is 4.04. The minimum absolute atomic E-state index is 0.0514. The molecule has 0 bridgehead atoms. The Morgan fingerprint density at radius 3 is 2.26 bits per heavy atom. The minimum Gasteiger partial charge on any atom is -0.346 e. The number of sulfonamides is 1. The van der Waals surface area contributed by atoms with Gasteiger partial charge < -0.3 is 5.32 Å². The van der Waals surface area contributed by atoms with E-state index in [-0.39, 0.29) is 28.1 Å². The number of aryl methyl sites for hydroxylation is 1. The summed E-state index contributed by atoms with van der Waals surface area (Å²) in [6.07, 6.45) is 0. The Kier molecular flexibility index (Phi) is 6.37. The highest BCUT2D eigenvalue weighted by Crippen LogP contribution is 2.20. The van der Waals surface area contributed by atoms with E-state index in [1.165, 1.54) is 43.3 Å². The number of carbonyl (C=O) groups excluding carboxylic acids is 1. The second-order valence-corrected chi connectivity index (χ2v) is 8.71. The van der Waals surface area contributed by atoms with Crippen molar-refractivity contribution in [2.45, 2.75) is 24.8 Å². The van der Waals surface area contributed by atoms with E-state index >= 15 is 0 Å². The molecule has 3 aromatic rings. The Labute approximate surface area is 180 Å². The van der Waals surface area contributed by atoms with Crippen molar-refractivity contribution in [2.75, 3.05) is 4.72 Å². The molecular weight excluding hydrogens is 417 g/mol. The number of nitrogens with zero attached hydrogens (tertiary/aromatic N) is 1. The van der Waals surface area contributed by atoms with E-state index in [0.29, 0.717) is 11.1 Å². The van der Waals surface area contributed by atoms with Gasteiger partial charge in [-0.2, -0.15) is 5.26 Å². The fraction of sp³-hybridized carbons (Fsp3) is 0.130. The van der Waals surface area contributed by atoms with Gasteiger partial charge in [0, 0.05) is 11.3 Å². The van der Waals surface area contributed by atoms with Crippen LogP contribution in [0.25, 0.3) is 0 Å². The number of halogens is 1. The van der Waals surface area contributed by atoms with Gasteiger partial charge in [-0.05, 0) is 79.6 Å². The van der Waals surface area contributed by atoms with Crippen molar-refractivity contribution in [3.8, 4) is 6.07 Å². The summed E-state index contributed by atoms with van der Waals surface area (Å²) in [7, 11) is -3.89. The first-order chi connectivity index (χ1) is 14.7. The number of amides is 1. The molecular formula is C23H20FN3O3S. The van der Waals surface area contributed by atoms with Crippen molar-refractivity contribution in [3.05, 3.63) is 94.8 Å². The third-order valence-electron chi connectivity index (χ3n) is 4.73. The Morgan fingerprint density at radius 2 is 1.68 bits per heavy atom. The molecule has 0 aliphatic carbocycles. The molecule has 0 fully saturated rings. The zero-order valence-electron chi connectivity index (χ0n) is 16.9. The SMILES string of the molecule is Cc1cc(S(=O)(=O)Nc2ccc(C(=O)NC(C)c3ccc(C#N)cc3)cc2)ccc1F. The summed E-state index contributed by atoms with van der Waals surface area (Å²) in [6, 6.07) is 18.2. The van der Waals surface area contributed by atoms with Gasteiger partial charge in [0.15, 0.2) is 0 Å². The molecule has 0 radical (unpaired) electrons. The van der Waals surface area contributed by atoms with E-state index in [9.17, 15) is 17.6 Å². The lowest BCUT2D eigenvalue weighted by Crippen LogP contribution is -2.26. The van der Waals surface area contributed by atoms with Crippen LogP contribution in [0.3, 0.4) is 0 Å². The molecule has 6 nitrogen and oxygen atoms in total. The highest BCUT2D eigenvalue weighted by molar-refractivity contribution is 7.92. The molecule has 0 aromatic heterocycles. The molecule has 0 heterocycles. The summed E-state index contributed by atoms with van der Waals surface area (Å²) >= 11 is 0. The fourth-order valence-electron chi connectivity index (χ4n) is 2.90. The largest absolute Gasteiger partial charge is 0.346 e. The summed E-state index contributed by atoms with van der Waals surface area (Å²) in [4.78, 5) is 12.4. The number of hydrogen-bond donors (Lipinski definition) is 2. The molecule has 1 amide bonds. The Balaban J connectivity index is 1.68. The van der Waals surface area contributed by atoms with Crippen LogP contribution in [-0.2, 0) is 10.0 Å². The third kappa shape index (κ3) is 5.27. The number of anilines is 1. The zero-order chi connectivity index (χ0) is 22.6. The number of hydrogen-bond acceptors (Lipinski definition) is 4. The van der Waals surface area contributed by atoms with Crippen LogP contribution in [0.15, 0.2) is 71.6 Å². The normalized spacial score (nSPS) is 11.9. The molecule has 3 rings (SSSR count).